The van der Waals surface area contributed by atoms with E-state index in [0.717, 1.165) is 22.0 Å². The molecule has 3 heteroatoms. The fourth-order valence-corrected chi connectivity index (χ4v) is 1.21. The van der Waals surface area contributed by atoms with Crippen LogP contribution < -0.4 is 9.47 Å². The van der Waals surface area contributed by atoms with Crippen LogP contribution in [0.1, 0.15) is 5.56 Å². The van der Waals surface area contributed by atoms with Crippen LogP contribution in [0.25, 0.3) is 0 Å². The van der Waals surface area contributed by atoms with Gasteiger partial charge in [-0.15, -0.1) is 12.6 Å². The van der Waals surface area contributed by atoms with Crippen LogP contribution in [0.15, 0.2) is 17.0 Å². The fourth-order valence-electron chi connectivity index (χ4n) is 1.03. The lowest BCUT2D eigenvalue weighted by molar-refractivity contribution is 0.174. The van der Waals surface area contributed by atoms with Crippen molar-refractivity contribution in [3.05, 3.63) is 17.7 Å². The molecule has 11 heavy (non-hydrogen) atoms. The Morgan fingerprint density at radius 2 is 1.91 bits per heavy atom. The number of hydrogen-bond acceptors (Lipinski definition) is 3. The van der Waals surface area contributed by atoms with Crippen LogP contribution >= 0.6 is 12.6 Å². The van der Waals surface area contributed by atoms with E-state index < -0.39 is 0 Å². The third-order valence-electron chi connectivity index (χ3n) is 1.69. The van der Waals surface area contributed by atoms with Gasteiger partial charge in [0.2, 0.25) is 6.79 Å². The Balaban J connectivity index is 2.57. The second-order valence-electron chi connectivity index (χ2n) is 2.49. The average molecular weight is 168 g/mol. The lowest BCUT2D eigenvalue weighted by atomic mass is 10.2. The van der Waals surface area contributed by atoms with E-state index in [4.69, 9.17) is 9.47 Å². The van der Waals surface area contributed by atoms with Crippen LogP contribution in [-0.2, 0) is 0 Å². The Bertz CT molecular complexity index is 267. The minimum atomic E-state index is 0.325. The van der Waals surface area contributed by atoms with E-state index in [9.17, 15) is 0 Å². The first kappa shape index (κ1) is 6.85. The predicted octanol–water partition coefficient (Wildman–Crippen LogP) is 2.01. The highest BCUT2D eigenvalue weighted by molar-refractivity contribution is 7.80. The largest absolute Gasteiger partial charge is 0.454 e. The lowest BCUT2D eigenvalue weighted by Gasteiger charge is -2.00. The molecule has 0 saturated heterocycles. The molecular formula is C8H8O2S. The summed E-state index contributed by atoms with van der Waals surface area (Å²) in [6.45, 7) is 2.32. The van der Waals surface area contributed by atoms with Crippen molar-refractivity contribution in [2.24, 2.45) is 0 Å². The molecule has 0 radical (unpaired) electrons. The zero-order valence-electron chi connectivity index (χ0n) is 6.13. The van der Waals surface area contributed by atoms with Crippen molar-refractivity contribution in [2.75, 3.05) is 6.79 Å². The van der Waals surface area contributed by atoms with Crippen LogP contribution in [0, 0.1) is 6.92 Å². The molecule has 1 aromatic carbocycles. The van der Waals surface area contributed by atoms with E-state index in [0.29, 0.717) is 6.79 Å². The second kappa shape index (κ2) is 2.34. The molecule has 0 spiro atoms. The number of thiol groups is 1. The van der Waals surface area contributed by atoms with Crippen molar-refractivity contribution >= 4 is 12.6 Å². The quantitative estimate of drug-likeness (QED) is 0.597. The molecular weight excluding hydrogens is 160 g/mol. The van der Waals surface area contributed by atoms with E-state index in [1.165, 1.54) is 0 Å². The highest BCUT2D eigenvalue weighted by Crippen LogP contribution is 2.35. The first-order valence-electron chi connectivity index (χ1n) is 3.36. The predicted molar refractivity (Wildman–Crippen MR) is 44.6 cm³/mol. The maximum absolute atomic E-state index is 5.18. The van der Waals surface area contributed by atoms with Crippen LogP contribution in [-0.4, -0.2) is 6.79 Å². The lowest BCUT2D eigenvalue weighted by Crippen LogP contribution is -1.92. The van der Waals surface area contributed by atoms with Crippen LogP contribution in [0.5, 0.6) is 11.5 Å². The monoisotopic (exact) mass is 168 g/mol. The van der Waals surface area contributed by atoms with Gasteiger partial charge in [-0.1, -0.05) is 0 Å². The van der Waals surface area contributed by atoms with Gasteiger partial charge < -0.3 is 9.47 Å². The maximum atomic E-state index is 5.18. The smallest absolute Gasteiger partial charge is 0.231 e. The van der Waals surface area contributed by atoms with Crippen LogP contribution in [0.4, 0.5) is 0 Å². The van der Waals surface area contributed by atoms with Crippen molar-refractivity contribution < 1.29 is 9.47 Å². The molecule has 0 aliphatic carbocycles. The zero-order chi connectivity index (χ0) is 7.84. The Hall–Kier alpha value is -0.830. The molecule has 0 saturated carbocycles. The minimum Gasteiger partial charge on any atom is -0.454 e. The molecule has 58 valence electrons. The van der Waals surface area contributed by atoms with Gasteiger partial charge in [0.25, 0.3) is 0 Å². The van der Waals surface area contributed by atoms with Gasteiger partial charge in [0.1, 0.15) is 0 Å². The Labute approximate surface area is 70.5 Å². The van der Waals surface area contributed by atoms with E-state index in [2.05, 4.69) is 12.6 Å². The Kier molecular flexibility index (Phi) is 1.46. The number of ether oxygens (including phenoxy) is 2. The first-order valence-corrected chi connectivity index (χ1v) is 3.81. The number of rotatable bonds is 0. The molecule has 1 aliphatic rings. The molecule has 1 heterocycles. The SMILES string of the molecule is Cc1cc2c(cc1S)OCO2. The first-order chi connectivity index (χ1) is 5.27. The number of aryl methyl sites for hydroxylation is 1. The number of fused-ring (bicyclic) bond motifs is 1. The molecule has 0 amide bonds. The Morgan fingerprint density at radius 1 is 1.27 bits per heavy atom. The summed E-state index contributed by atoms with van der Waals surface area (Å²) in [5.41, 5.74) is 1.11. The summed E-state index contributed by atoms with van der Waals surface area (Å²) in [5.74, 6) is 1.61. The standard InChI is InChI=1S/C8H8O2S/c1-5-2-6-7(3-8(5)11)10-4-9-6/h2-3,11H,4H2,1H3. The molecule has 0 unspecified atom stereocenters. The number of hydrogen-bond donors (Lipinski definition) is 1. The molecule has 1 aliphatic heterocycles. The molecule has 1 aromatic rings. The summed E-state index contributed by atoms with van der Waals surface area (Å²) < 4.78 is 10.3. The summed E-state index contributed by atoms with van der Waals surface area (Å²) in [5, 5.41) is 0. The molecule has 2 nitrogen and oxygen atoms in total. The van der Waals surface area contributed by atoms with Gasteiger partial charge in [0.15, 0.2) is 11.5 Å². The van der Waals surface area contributed by atoms with E-state index in [1.807, 2.05) is 19.1 Å². The molecule has 0 N–H and O–H groups in total. The highest BCUT2D eigenvalue weighted by Gasteiger charge is 2.13. The van der Waals surface area contributed by atoms with Gasteiger partial charge in [0, 0.05) is 4.90 Å². The van der Waals surface area contributed by atoms with Gasteiger partial charge in [0.05, 0.1) is 0 Å². The van der Waals surface area contributed by atoms with Gasteiger partial charge in [-0.25, -0.2) is 0 Å². The molecule has 0 aromatic heterocycles. The molecule has 0 bridgehead atoms. The van der Waals surface area contributed by atoms with Crippen molar-refractivity contribution in [1.29, 1.82) is 0 Å². The van der Waals surface area contributed by atoms with Gasteiger partial charge >= 0.3 is 0 Å². The van der Waals surface area contributed by atoms with Crippen LogP contribution in [0.3, 0.4) is 0 Å². The molecule has 0 fully saturated rings. The van der Waals surface area contributed by atoms with Crippen molar-refractivity contribution in [1.82, 2.24) is 0 Å². The summed E-state index contributed by atoms with van der Waals surface area (Å²) in [6.07, 6.45) is 0. The third kappa shape index (κ3) is 1.05. The minimum absolute atomic E-state index is 0.325. The van der Waals surface area contributed by atoms with E-state index in [-0.39, 0.29) is 0 Å². The maximum Gasteiger partial charge on any atom is 0.231 e. The summed E-state index contributed by atoms with van der Waals surface area (Å²) in [6, 6.07) is 3.81. The van der Waals surface area contributed by atoms with E-state index >= 15 is 0 Å². The highest BCUT2D eigenvalue weighted by atomic mass is 32.1. The summed E-state index contributed by atoms with van der Waals surface area (Å²) in [7, 11) is 0. The average Bonchev–Trinajstić information content (AvgIpc) is 2.36. The summed E-state index contributed by atoms with van der Waals surface area (Å²) >= 11 is 4.26. The molecule has 0 atom stereocenters. The van der Waals surface area contributed by atoms with Crippen molar-refractivity contribution in [3.8, 4) is 11.5 Å². The Morgan fingerprint density at radius 3 is 2.64 bits per heavy atom. The topological polar surface area (TPSA) is 18.5 Å². The number of benzene rings is 1. The van der Waals surface area contributed by atoms with Crippen LogP contribution in [0.2, 0.25) is 0 Å². The van der Waals surface area contributed by atoms with Crippen molar-refractivity contribution in [2.45, 2.75) is 11.8 Å². The van der Waals surface area contributed by atoms with E-state index in [1.54, 1.807) is 0 Å². The van der Waals surface area contributed by atoms with Gasteiger partial charge in [-0.3, -0.25) is 0 Å². The summed E-state index contributed by atoms with van der Waals surface area (Å²) in [4.78, 5) is 0.939. The van der Waals surface area contributed by atoms with Gasteiger partial charge in [-0.2, -0.15) is 0 Å². The fraction of sp³-hybridized carbons (Fsp3) is 0.250. The van der Waals surface area contributed by atoms with Crippen molar-refractivity contribution in [3.63, 3.8) is 0 Å². The zero-order valence-corrected chi connectivity index (χ0v) is 7.02. The second-order valence-corrected chi connectivity index (χ2v) is 2.97. The van der Waals surface area contributed by atoms with Gasteiger partial charge in [-0.05, 0) is 24.6 Å². The third-order valence-corrected chi connectivity index (χ3v) is 2.17. The molecule has 2 rings (SSSR count). The normalized spacial score (nSPS) is 13.6.